The lowest BCUT2D eigenvalue weighted by molar-refractivity contribution is 0.380. The molecule has 0 aliphatic heterocycles. The first kappa shape index (κ1) is 21.1. The van der Waals surface area contributed by atoms with E-state index in [0.717, 1.165) is 12.1 Å². The molecule has 0 N–H and O–H groups in total. The van der Waals surface area contributed by atoms with Crippen LogP contribution in [0.4, 0.5) is 43.9 Å². The Morgan fingerprint density at radius 1 is 0.414 bits per heavy atom. The molecule has 0 fully saturated rings. The van der Waals surface area contributed by atoms with E-state index in [2.05, 4.69) is 0 Å². The topological polar surface area (TPSA) is 0 Å². The molecule has 3 rings (SSSR count). The van der Waals surface area contributed by atoms with Gasteiger partial charge in [0.1, 0.15) is 0 Å². The van der Waals surface area contributed by atoms with Crippen molar-refractivity contribution in [1.82, 2.24) is 0 Å². The summed E-state index contributed by atoms with van der Waals surface area (Å²) in [5.74, 6) is -23.8. The van der Waals surface area contributed by atoms with Gasteiger partial charge in [0.25, 0.3) is 0 Å². The number of rotatable bonds is 2. The first-order chi connectivity index (χ1) is 13.5. The zero-order chi connectivity index (χ0) is 21.8. The van der Waals surface area contributed by atoms with Crippen molar-refractivity contribution in [2.45, 2.75) is 0 Å². The van der Waals surface area contributed by atoms with Crippen LogP contribution in [0.5, 0.6) is 0 Å². The van der Waals surface area contributed by atoms with Gasteiger partial charge in [-0.1, -0.05) is 18.2 Å². The Kier molecular flexibility index (Phi) is 5.34. The summed E-state index contributed by atoms with van der Waals surface area (Å²) in [6.45, 7) is 0. The van der Waals surface area contributed by atoms with E-state index in [4.69, 9.17) is 0 Å². The van der Waals surface area contributed by atoms with E-state index < -0.39 is 80.4 Å². The van der Waals surface area contributed by atoms with Crippen LogP contribution in [0.15, 0.2) is 18.2 Å². The monoisotopic (exact) mass is 442 g/mol. The molecule has 1 unspecified atom stereocenters. The zero-order valence-corrected chi connectivity index (χ0v) is 14.7. The van der Waals surface area contributed by atoms with E-state index in [1.165, 1.54) is 0 Å². The minimum Gasteiger partial charge on any atom is -0.203 e. The van der Waals surface area contributed by atoms with Crippen LogP contribution >= 0.6 is 9.24 Å². The molecular weight excluding hydrogens is 437 g/mol. The van der Waals surface area contributed by atoms with E-state index in [-0.39, 0.29) is 5.30 Å². The third-order valence-electron chi connectivity index (χ3n) is 4.04. The van der Waals surface area contributed by atoms with Gasteiger partial charge in [0.15, 0.2) is 46.5 Å². The molecule has 3 aromatic carbocycles. The van der Waals surface area contributed by atoms with Gasteiger partial charge in [0, 0.05) is 5.56 Å². The molecule has 0 aliphatic rings. The summed E-state index contributed by atoms with van der Waals surface area (Å²) >= 11 is 0. The predicted molar refractivity (Wildman–Crippen MR) is 86.2 cm³/mol. The minimum absolute atomic E-state index is 0.338. The Morgan fingerprint density at radius 2 is 0.759 bits per heavy atom. The molecule has 1 atom stereocenters. The molecule has 0 aromatic heterocycles. The average Bonchev–Trinajstić information content (AvgIpc) is 2.69. The molecule has 0 bridgehead atoms. The van der Waals surface area contributed by atoms with Crippen LogP contribution in [0.2, 0.25) is 0 Å². The average molecular weight is 442 g/mol. The lowest BCUT2D eigenvalue weighted by Crippen LogP contribution is -2.11. The van der Waals surface area contributed by atoms with Gasteiger partial charge >= 0.3 is 0 Å². The molecule has 3 aromatic rings. The Bertz CT molecular complexity index is 1110. The van der Waals surface area contributed by atoms with Crippen molar-refractivity contribution in [2.24, 2.45) is 0 Å². The van der Waals surface area contributed by atoms with Crippen molar-refractivity contribution >= 4 is 14.5 Å². The van der Waals surface area contributed by atoms with Crippen LogP contribution in [0.1, 0.15) is 0 Å². The summed E-state index contributed by atoms with van der Waals surface area (Å²) in [6.07, 6.45) is 0. The molecule has 152 valence electrons. The lowest BCUT2D eigenvalue weighted by atomic mass is 9.92. The first-order valence-corrected chi connectivity index (χ1v) is 8.00. The molecule has 0 amide bonds. The molecule has 11 heteroatoms. The van der Waals surface area contributed by atoms with E-state index in [9.17, 15) is 43.9 Å². The van der Waals surface area contributed by atoms with Crippen molar-refractivity contribution in [3.63, 3.8) is 0 Å². The highest BCUT2D eigenvalue weighted by Gasteiger charge is 2.32. The van der Waals surface area contributed by atoms with E-state index >= 15 is 0 Å². The molecule has 0 saturated carbocycles. The smallest absolute Gasteiger partial charge is 0.200 e. The van der Waals surface area contributed by atoms with Crippen LogP contribution < -0.4 is 5.30 Å². The third kappa shape index (κ3) is 3.06. The number of hydrogen-bond acceptors (Lipinski definition) is 0. The van der Waals surface area contributed by atoms with Gasteiger partial charge in [-0.25, -0.2) is 43.9 Å². The number of hydrogen-bond donors (Lipinski definition) is 0. The zero-order valence-electron chi connectivity index (χ0n) is 13.6. The van der Waals surface area contributed by atoms with Gasteiger partial charge in [-0.3, -0.25) is 0 Å². The SMILES string of the molecule is Fc1c(F)c(F)c(-c2cccc(P)c2-c2c(F)c(F)c(F)c(F)c2F)c(F)c1F. The fraction of sp³-hybridized carbons (Fsp3) is 0. The molecular formula is C18H5F10P. The highest BCUT2D eigenvalue weighted by atomic mass is 31.0. The van der Waals surface area contributed by atoms with Crippen LogP contribution in [0, 0.1) is 58.2 Å². The van der Waals surface area contributed by atoms with Crippen molar-refractivity contribution in [1.29, 1.82) is 0 Å². The Morgan fingerprint density at radius 3 is 1.17 bits per heavy atom. The maximum absolute atomic E-state index is 14.3. The summed E-state index contributed by atoms with van der Waals surface area (Å²) in [7, 11) is 1.82. The van der Waals surface area contributed by atoms with Gasteiger partial charge in [-0.2, -0.15) is 0 Å². The summed E-state index contributed by atoms with van der Waals surface area (Å²) in [5.41, 5.74) is -5.13. The van der Waals surface area contributed by atoms with Crippen LogP contribution in [-0.2, 0) is 0 Å². The second kappa shape index (κ2) is 7.33. The maximum atomic E-state index is 14.3. The molecule has 0 saturated heterocycles. The Hall–Kier alpha value is -2.61. The summed E-state index contributed by atoms with van der Waals surface area (Å²) in [5, 5.41) is -0.338. The first-order valence-electron chi connectivity index (χ1n) is 7.42. The van der Waals surface area contributed by atoms with Gasteiger partial charge in [0.05, 0.1) is 11.1 Å². The molecule has 0 aliphatic carbocycles. The normalized spacial score (nSPS) is 11.3. The third-order valence-corrected chi connectivity index (χ3v) is 4.52. The predicted octanol–water partition coefficient (Wildman–Crippen LogP) is 5.91. The van der Waals surface area contributed by atoms with Gasteiger partial charge < -0.3 is 0 Å². The van der Waals surface area contributed by atoms with Crippen molar-refractivity contribution < 1.29 is 43.9 Å². The molecule has 0 nitrogen and oxygen atoms in total. The summed E-state index contributed by atoms with van der Waals surface area (Å²) < 4.78 is 138. The fourth-order valence-electron chi connectivity index (χ4n) is 2.72. The number of halogens is 10. The van der Waals surface area contributed by atoms with Crippen molar-refractivity contribution in [3.8, 4) is 22.3 Å². The van der Waals surface area contributed by atoms with E-state index in [0.29, 0.717) is 6.07 Å². The van der Waals surface area contributed by atoms with Gasteiger partial charge in [-0.05, 0) is 10.9 Å². The lowest BCUT2D eigenvalue weighted by Gasteiger charge is -2.17. The maximum Gasteiger partial charge on any atom is 0.200 e. The standard InChI is InChI=1S/C18H5F10P/c19-9-7(10(20)14(24)17(27)13(9)23)4-2-1-3-5(29)6(4)8-11(21)15(25)18(28)16(26)12(8)22/h1-3H,29H2. The highest BCUT2D eigenvalue weighted by Crippen LogP contribution is 2.40. The van der Waals surface area contributed by atoms with Gasteiger partial charge in [0.2, 0.25) is 11.6 Å². The number of benzene rings is 3. The second-order valence-corrected chi connectivity index (χ2v) is 6.28. The quantitative estimate of drug-likeness (QED) is 0.200. The fourth-order valence-corrected chi connectivity index (χ4v) is 3.13. The summed E-state index contributed by atoms with van der Waals surface area (Å²) in [4.78, 5) is 0. The Labute approximate surface area is 158 Å². The van der Waals surface area contributed by atoms with Crippen LogP contribution in [0.25, 0.3) is 22.3 Å². The highest BCUT2D eigenvalue weighted by molar-refractivity contribution is 7.28. The van der Waals surface area contributed by atoms with E-state index in [1.54, 1.807) is 0 Å². The van der Waals surface area contributed by atoms with Crippen molar-refractivity contribution in [2.75, 3.05) is 0 Å². The van der Waals surface area contributed by atoms with Crippen molar-refractivity contribution in [3.05, 3.63) is 76.4 Å². The largest absolute Gasteiger partial charge is 0.203 e. The van der Waals surface area contributed by atoms with Crippen LogP contribution in [-0.4, -0.2) is 0 Å². The molecule has 0 heterocycles. The Balaban J connectivity index is 2.52. The van der Waals surface area contributed by atoms with E-state index in [1.807, 2.05) is 9.24 Å². The van der Waals surface area contributed by atoms with Crippen LogP contribution in [0.3, 0.4) is 0 Å². The molecule has 0 spiro atoms. The summed E-state index contributed by atoms with van der Waals surface area (Å²) in [6, 6.07) is 2.78. The molecule has 29 heavy (non-hydrogen) atoms. The second-order valence-electron chi connectivity index (χ2n) is 5.66. The van der Waals surface area contributed by atoms with Gasteiger partial charge in [-0.15, -0.1) is 9.24 Å². The minimum atomic E-state index is -2.48. The molecule has 0 radical (unpaired) electrons.